The molecule has 0 atom stereocenters. The van der Waals surface area contributed by atoms with Crippen LogP contribution in [-0.2, 0) is 6.54 Å². The van der Waals surface area contributed by atoms with E-state index >= 15 is 0 Å². The Morgan fingerprint density at radius 2 is 2.27 bits per heavy atom. The highest BCUT2D eigenvalue weighted by atomic mass is 32.2. The van der Waals surface area contributed by atoms with Gasteiger partial charge in [-0.2, -0.15) is 11.8 Å². The second-order valence-corrected chi connectivity index (χ2v) is 4.68. The van der Waals surface area contributed by atoms with Gasteiger partial charge in [-0.05, 0) is 6.07 Å². The zero-order chi connectivity index (χ0) is 10.7. The quantitative estimate of drug-likeness (QED) is 0.848. The van der Waals surface area contributed by atoms with Crippen LogP contribution in [0.25, 0.3) is 0 Å². The molecule has 0 unspecified atom stereocenters. The molecule has 0 spiro atoms. The van der Waals surface area contributed by atoms with Gasteiger partial charge < -0.3 is 9.52 Å². The Labute approximate surface area is 92.2 Å². The van der Waals surface area contributed by atoms with Gasteiger partial charge in [0.1, 0.15) is 11.3 Å². The molecule has 0 bridgehead atoms. The minimum absolute atomic E-state index is 0.285. The summed E-state index contributed by atoms with van der Waals surface area (Å²) in [6.45, 7) is 2.62. The first-order chi connectivity index (χ1) is 7.27. The lowest BCUT2D eigenvalue weighted by Crippen LogP contribution is -2.32. The molecule has 0 amide bonds. The second kappa shape index (κ2) is 4.72. The third kappa shape index (κ3) is 2.54. The SMILES string of the molecule is O=C(O)c1ccoc1CN1CCSCC1. The molecule has 1 fully saturated rings. The zero-order valence-electron chi connectivity index (χ0n) is 8.31. The van der Waals surface area contributed by atoms with E-state index in [-0.39, 0.29) is 5.56 Å². The summed E-state index contributed by atoms with van der Waals surface area (Å²) in [5, 5.41) is 8.90. The summed E-state index contributed by atoms with van der Waals surface area (Å²) in [7, 11) is 0. The van der Waals surface area contributed by atoms with E-state index in [9.17, 15) is 4.79 Å². The Morgan fingerprint density at radius 3 is 2.93 bits per heavy atom. The van der Waals surface area contributed by atoms with Crippen molar-refractivity contribution in [3.63, 3.8) is 0 Å². The zero-order valence-corrected chi connectivity index (χ0v) is 9.13. The van der Waals surface area contributed by atoms with Crippen molar-refractivity contribution in [1.29, 1.82) is 0 Å². The molecule has 4 nitrogen and oxygen atoms in total. The predicted octanol–water partition coefficient (Wildman–Crippen LogP) is 1.53. The van der Waals surface area contributed by atoms with Crippen LogP contribution >= 0.6 is 11.8 Å². The van der Waals surface area contributed by atoms with Crippen LogP contribution in [-0.4, -0.2) is 40.6 Å². The van der Waals surface area contributed by atoms with Gasteiger partial charge in [0.05, 0.1) is 12.8 Å². The summed E-state index contributed by atoms with van der Waals surface area (Å²) >= 11 is 1.93. The number of hydrogen-bond acceptors (Lipinski definition) is 4. The van der Waals surface area contributed by atoms with E-state index in [0.717, 1.165) is 24.6 Å². The molecule has 2 rings (SSSR count). The van der Waals surface area contributed by atoms with Gasteiger partial charge in [-0.3, -0.25) is 4.90 Å². The van der Waals surface area contributed by atoms with Gasteiger partial charge in [0.15, 0.2) is 0 Å². The van der Waals surface area contributed by atoms with E-state index < -0.39 is 5.97 Å². The fourth-order valence-corrected chi connectivity index (χ4v) is 2.59. The summed E-state index contributed by atoms with van der Waals surface area (Å²) in [5.74, 6) is 1.88. The number of carboxylic acids is 1. The Kier molecular flexibility index (Phi) is 3.33. The Morgan fingerprint density at radius 1 is 1.53 bits per heavy atom. The van der Waals surface area contributed by atoms with Crippen molar-refractivity contribution in [3.05, 3.63) is 23.7 Å². The molecule has 1 N–H and O–H groups in total. The lowest BCUT2D eigenvalue weighted by Gasteiger charge is -2.25. The summed E-state index contributed by atoms with van der Waals surface area (Å²) < 4.78 is 5.20. The number of rotatable bonds is 3. The van der Waals surface area contributed by atoms with E-state index in [1.54, 1.807) is 0 Å². The smallest absolute Gasteiger partial charge is 0.339 e. The van der Waals surface area contributed by atoms with Gasteiger partial charge in [-0.1, -0.05) is 0 Å². The first kappa shape index (κ1) is 10.6. The number of aromatic carboxylic acids is 1. The fraction of sp³-hybridized carbons (Fsp3) is 0.500. The van der Waals surface area contributed by atoms with Crippen molar-refractivity contribution in [3.8, 4) is 0 Å². The van der Waals surface area contributed by atoms with Crippen molar-refractivity contribution < 1.29 is 14.3 Å². The first-order valence-corrected chi connectivity index (χ1v) is 6.02. The van der Waals surface area contributed by atoms with Crippen molar-refractivity contribution >= 4 is 17.7 Å². The molecule has 0 aromatic carbocycles. The molecule has 1 aliphatic rings. The normalized spacial score (nSPS) is 17.9. The van der Waals surface area contributed by atoms with Crippen LogP contribution < -0.4 is 0 Å². The highest BCUT2D eigenvalue weighted by Gasteiger charge is 2.17. The molecule has 1 saturated heterocycles. The van der Waals surface area contributed by atoms with Crippen molar-refractivity contribution in [2.75, 3.05) is 24.6 Å². The van der Waals surface area contributed by atoms with Gasteiger partial charge >= 0.3 is 5.97 Å². The van der Waals surface area contributed by atoms with Crippen LogP contribution in [0, 0.1) is 0 Å². The average molecular weight is 227 g/mol. The average Bonchev–Trinajstić information content (AvgIpc) is 2.67. The maximum Gasteiger partial charge on any atom is 0.339 e. The van der Waals surface area contributed by atoms with E-state index in [4.69, 9.17) is 9.52 Å². The number of thioether (sulfide) groups is 1. The number of carbonyl (C=O) groups is 1. The third-order valence-corrected chi connectivity index (χ3v) is 3.39. The number of furan rings is 1. The molecule has 15 heavy (non-hydrogen) atoms. The molecule has 0 aliphatic carbocycles. The Bertz CT molecular complexity index is 344. The summed E-state index contributed by atoms with van der Waals surface area (Å²) in [6.07, 6.45) is 1.44. The molecule has 82 valence electrons. The monoisotopic (exact) mass is 227 g/mol. The lowest BCUT2D eigenvalue weighted by molar-refractivity contribution is 0.0692. The Balaban J connectivity index is 2.03. The first-order valence-electron chi connectivity index (χ1n) is 4.87. The molecule has 1 aromatic heterocycles. The van der Waals surface area contributed by atoms with Gasteiger partial charge in [0, 0.05) is 24.6 Å². The molecular formula is C10H13NO3S. The van der Waals surface area contributed by atoms with Crippen molar-refractivity contribution in [2.24, 2.45) is 0 Å². The number of carboxylic acid groups (broad SMARTS) is 1. The maximum absolute atomic E-state index is 10.8. The van der Waals surface area contributed by atoms with E-state index in [0.29, 0.717) is 12.3 Å². The number of hydrogen-bond donors (Lipinski definition) is 1. The minimum atomic E-state index is -0.912. The fourth-order valence-electron chi connectivity index (χ4n) is 1.62. The molecule has 2 heterocycles. The van der Waals surface area contributed by atoms with Gasteiger partial charge in [0.2, 0.25) is 0 Å². The van der Waals surface area contributed by atoms with Crippen LogP contribution in [0.4, 0.5) is 0 Å². The van der Waals surface area contributed by atoms with Gasteiger partial charge in [-0.15, -0.1) is 0 Å². The Hall–Kier alpha value is -0.940. The molecule has 1 aliphatic heterocycles. The molecule has 1 aromatic rings. The van der Waals surface area contributed by atoms with E-state index in [1.165, 1.54) is 12.3 Å². The van der Waals surface area contributed by atoms with Crippen molar-refractivity contribution in [2.45, 2.75) is 6.54 Å². The van der Waals surface area contributed by atoms with Gasteiger partial charge in [0.25, 0.3) is 0 Å². The lowest BCUT2D eigenvalue weighted by atomic mass is 10.2. The minimum Gasteiger partial charge on any atom is -0.478 e. The molecule has 0 saturated carbocycles. The predicted molar refractivity (Wildman–Crippen MR) is 58.3 cm³/mol. The molecule has 0 radical (unpaired) electrons. The summed E-state index contributed by atoms with van der Waals surface area (Å²) in [5.41, 5.74) is 0.285. The number of nitrogens with zero attached hydrogens (tertiary/aromatic N) is 1. The van der Waals surface area contributed by atoms with Gasteiger partial charge in [-0.25, -0.2) is 4.79 Å². The van der Waals surface area contributed by atoms with Crippen molar-refractivity contribution in [1.82, 2.24) is 4.90 Å². The highest BCUT2D eigenvalue weighted by Crippen LogP contribution is 2.16. The van der Waals surface area contributed by atoms with E-state index in [1.807, 2.05) is 11.8 Å². The van der Waals surface area contributed by atoms with E-state index in [2.05, 4.69) is 4.90 Å². The van der Waals surface area contributed by atoms with Crippen LogP contribution in [0.5, 0.6) is 0 Å². The highest BCUT2D eigenvalue weighted by molar-refractivity contribution is 7.99. The van der Waals surface area contributed by atoms with Crippen LogP contribution in [0.1, 0.15) is 16.1 Å². The standard InChI is InChI=1S/C10H13NO3S/c12-10(13)8-1-4-14-9(8)7-11-2-5-15-6-3-11/h1,4H,2-3,5-7H2,(H,12,13). The maximum atomic E-state index is 10.8. The summed E-state index contributed by atoms with van der Waals surface area (Å²) in [6, 6.07) is 1.51. The van der Waals surface area contributed by atoms with Crippen LogP contribution in [0.15, 0.2) is 16.7 Å². The molecule has 5 heteroatoms. The second-order valence-electron chi connectivity index (χ2n) is 3.45. The van der Waals surface area contributed by atoms with Crippen LogP contribution in [0.2, 0.25) is 0 Å². The van der Waals surface area contributed by atoms with Crippen LogP contribution in [0.3, 0.4) is 0 Å². The largest absolute Gasteiger partial charge is 0.478 e. The summed E-state index contributed by atoms with van der Waals surface area (Å²) in [4.78, 5) is 13.1. The third-order valence-electron chi connectivity index (χ3n) is 2.45. The topological polar surface area (TPSA) is 53.7 Å². The molecular weight excluding hydrogens is 214 g/mol.